The van der Waals surface area contributed by atoms with Crippen molar-refractivity contribution in [3.63, 3.8) is 0 Å². The Morgan fingerprint density at radius 3 is 2.89 bits per heavy atom. The molecule has 0 aliphatic heterocycles. The number of hydrogen-bond donors (Lipinski definition) is 2. The summed E-state index contributed by atoms with van der Waals surface area (Å²) in [5.74, 6) is 0.797. The molecule has 18 heavy (non-hydrogen) atoms. The standard InChI is InChI=1S/C11H19N5OS/c1-3-11(13,8-12)6-5-7-18-10-15-14-9(17)16(10)4-2/h3-7,13H2,1-2H3,(H,14,17). The van der Waals surface area contributed by atoms with Gasteiger partial charge in [-0.25, -0.2) is 9.89 Å². The number of nitrogens with one attached hydrogen (secondary N) is 1. The number of hydrogen-bond acceptors (Lipinski definition) is 5. The number of aromatic nitrogens is 3. The molecule has 0 saturated carbocycles. The second kappa shape index (κ2) is 6.61. The van der Waals surface area contributed by atoms with Crippen molar-refractivity contribution >= 4 is 11.8 Å². The lowest BCUT2D eigenvalue weighted by atomic mass is 9.94. The van der Waals surface area contributed by atoms with E-state index in [1.54, 1.807) is 4.57 Å². The molecule has 1 rings (SSSR count). The molecule has 0 radical (unpaired) electrons. The molecule has 0 spiro atoms. The maximum atomic E-state index is 11.3. The minimum absolute atomic E-state index is 0.182. The van der Waals surface area contributed by atoms with E-state index >= 15 is 0 Å². The first-order valence-corrected chi connectivity index (χ1v) is 7.03. The summed E-state index contributed by atoms with van der Waals surface area (Å²) in [5.41, 5.74) is 4.98. The van der Waals surface area contributed by atoms with E-state index in [0.717, 1.165) is 12.2 Å². The fraction of sp³-hybridized carbons (Fsp3) is 0.727. The van der Waals surface area contributed by atoms with Crippen LogP contribution in [0.15, 0.2) is 9.95 Å². The third kappa shape index (κ3) is 3.62. The van der Waals surface area contributed by atoms with Gasteiger partial charge >= 0.3 is 5.69 Å². The predicted octanol–water partition coefficient (Wildman–Crippen LogP) is 1.09. The van der Waals surface area contributed by atoms with Gasteiger partial charge in [-0.15, -0.1) is 5.10 Å². The highest BCUT2D eigenvalue weighted by Gasteiger charge is 2.21. The zero-order chi connectivity index (χ0) is 13.6. The third-order valence-corrected chi connectivity index (χ3v) is 3.95. The monoisotopic (exact) mass is 269 g/mol. The Morgan fingerprint density at radius 1 is 1.61 bits per heavy atom. The average Bonchev–Trinajstić information content (AvgIpc) is 2.75. The SMILES string of the molecule is CCn1c(SCCCC(N)(C#N)CC)n[nH]c1=O. The van der Waals surface area contributed by atoms with Crippen LogP contribution in [0.25, 0.3) is 0 Å². The summed E-state index contributed by atoms with van der Waals surface area (Å²) in [5, 5.41) is 16.0. The Kier molecular flexibility index (Phi) is 5.44. The molecular weight excluding hydrogens is 250 g/mol. The van der Waals surface area contributed by atoms with Crippen LogP contribution in [-0.2, 0) is 6.54 Å². The van der Waals surface area contributed by atoms with Crippen LogP contribution in [0.2, 0.25) is 0 Å². The molecule has 1 aromatic rings. The lowest BCUT2D eigenvalue weighted by Gasteiger charge is -2.18. The molecule has 7 heteroatoms. The number of nitrogens with zero attached hydrogens (tertiary/aromatic N) is 3. The zero-order valence-corrected chi connectivity index (χ0v) is 11.6. The van der Waals surface area contributed by atoms with Crippen molar-refractivity contribution in [1.29, 1.82) is 5.26 Å². The Labute approximate surface area is 111 Å². The lowest BCUT2D eigenvalue weighted by molar-refractivity contribution is 0.478. The first-order valence-electron chi connectivity index (χ1n) is 6.04. The fourth-order valence-electron chi connectivity index (χ4n) is 1.56. The van der Waals surface area contributed by atoms with E-state index < -0.39 is 5.54 Å². The predicted molar refractivity (Wildman–Crippen MR) is 71.3 cm³/mol. The van der Waals surface area contributed by atoms with E-state index in [2.05, 4.69) is 16.3 Å². The molecule has 1 atom stereocenters. The third-order valence-electron chi connectivity index (χ3n) is 2.89. The molecule has 0 saturated heterocycles. The number of H-pyrrole nitrogens is 1. The van der Waals surface area contributed by atoms with Gasteiger partial charge in [0.2, 0.25) is 0 Å². The molecule has 100 valence electrons. The van der Waals surface area contributed by atoms with Crippen LogP contribution in [0.4, 0.5) is 0 Å². The molecule has 3 N–H and O–H groups in total. The molecule has 1 heterocycles. The van der Waals surface area contributed by atoms with Crippen LogP contribution >= 0.6 is 11.8 Å². The normalized spacial score (nSPS) is 14.1. The van der Waals surface area contributed by atoms with Gasteiger partial charge in [0.05, 0.1) is 6.07 Å². The molecule has 0 aliphatic carbocycles. The van der Waals surface area contributed by atoms with Gasteiger partial charge < -0.3 is 5.73 Å². The van der Waals surface area contributed by atoms with Crippen LogP contribution in [0.3, 0.4) is 0 Å². The smallest absolute Gasteiger partial charge is 0.313 e. The molecule has 0 fully saturated rings. The lowest BCUT2D eigenvalue weighted by Crippen LogP contribution is -2.37. The van der Waals surface area contributed by atoms with Crippen LogP contribution in [0.1, 0.15) is 33.1 Å². The summed E-state index contributed by atoms with van der Waals surface area (Å²) < 4.78 is 1.59. The van der Waals surface area contributed by atoms with E-state index in [9.17, 15) is 4.79 Å². The number of thioether (sulfide) groups is 1. The second-order valence-electron chi connectivity index (χ2n) is 4.13. The number of rotatable bonds is 7. The van der Waals surface area contributed by atoms with Gasteiger partial charge in [-0.1, -0.05) is 18.7 Å². The van der Waals surface area contributed by atoms with E-state index in [-0.39, 0.29) is 5.69 Å². The van der Waals surface area contributed by atoms with Crippen LogP contribution in [-0.4, -0.2) is 26.1 Å². The minimum Gasteiger partial charge on any atom is -0.313 e. The topological polar surface area (TPSA) is 100 Å². The van der Waals surface area contributed by atoms with Crippen LogP contribution in [0, 0.1) is 11.3 Å². The number of aromatic amines is 1. The molecule has 0 aliphatic rings. The maximum Gasteiger partial charge on any atom is 0.343 e. The van der Waals surface area contributed by atoms with Gasteiger partial charge in [-0.3, -0.25) is 4.57 Å². The van der Waals surface area contributed by atoms with E-state index in [1.807, 2.05) is 13.8 Å². The second-order valence-corrected chi connectivity index (χ2v) is 5.19. The van der Waals surface area contributed by atoms with Crippen molar-refractivity contribution < 1.29 is 0 Å². The van der Waals surface area contributed by atoms with Gasteiger partial charge in [-0.2, -0.15) is 5.26 Å². The van der Waals surface area contributed by atoms with E-state index in [1.165, 1.54) is 11.8 Å². The first-order chi connectivity index (χ1) is 8.56. The van der Waals surface area contributed by atoms with Gasteiger partial charge in [-0.05, 0) is 26.2 Å². The average molecular weight is 269 g/mol. The number of nitriles is 1. The molecular formula is C11H19N5OS. The summed E-state index contributed by atoms with van der Waals surface area (Å²) in [6.07, 6.45) is 2.14. The minimum atomic E-state index is -0.726. The van der Waals surface area contributed by atoms with E-state index in [4.69, 9.17) is 11.0 Å². The molecule has 0 amide bonds. The Morgan fingerprint density at radius 2 is 2.33 bits per heavy atom. The van der Waals surface area contributed by atoms with Crippen molar-refractivity contribution in [3.8, 4) is 6.07 Å². The van der Waals surface area contributed by atoms with Crippen LogP contribution < -0.4 is 11.4 Å². The summed E-state index contributed by atoms with van der Waals surface area (Å²) in [4.78, 5) is 11.3. The van der Waals surface area contributed by atoms with Crippen molar-refractivity contribution in [2.75, 3.05) is 5.75 Å². The number of nitrogens with two attached hydrogens (primary N) is 1. The van der Waals surface area contributed by atoms with Gasteiger partial charge in [0.15, 0.2) is 5.16 Å². The zero-order valence-electron chi connectivity index (χ0n) is 10.8. The fourth-order valence-corrected chi connectivity index (χ4v) is 2.50. The van der Waals surface area contributed by atoms with Crippen molar-refractivity contribution in [2.45, 2.75) is 50.4 Å². The largest absolute Gasteiger partial charge is 0.343 e. The highest BCUT2D eigenvalue weighted by molar-refractivity contribution is 7.99. The summed E-state index contributed by atoms with van der Waals surface area (Å²) in [6, 6.07) is 2.14. The van der Waals surface area contributed by atoms with Crippen molar-refractivity contribution in [3.05, 3.63) is 10.5 Å². The summed E-state index contributed by atoms with van der Waals surface area (Å²) >= 11 is 1.51. The maximum absolute atomic E-state index is 11.3. The Hall–Kier alpha value is -1.26. The molecule has 1 aromatic heterocycles. The van der Waals surface area contributed by atoms with Gasteiger partial charge in [0, 0.05) is 12.3 Å². The molecule has 1 unspecified atom stereocenters. The summed E-state index contributed by atoms with van der Waals surface area (Å²) in [7, 11) is 0. The summed E-state index contributed by atoms with van der Waals surface area (Å²) in [6.45, 7) is 4.42. The van der Waals surface area contributed by atoms with Gasteiger partial charge in [0.25, 0.3) is 0 Å². The molecule has 0 aromatic carbocycles. The first kappa shape index (κ1) is 14.8. The Balaban J connectivity index is 2.43. The Bertz CT molecular complexity index is 475. The quantitative estimate of drug-likeness (QED) is 0.570. The highest BCUT2D eigenvalue weighted by atomic mass is 32.2. The van der Waals surface area contributed by atoms with Crippen LogP contribution in [0.5, 0.6) is 0 Å². The highest BCUT2D eigenvalue weighted by Crippen LogP contribution is 2.19. The van der Waals surface area contributed by atoms with Crippen molar-refractivity contribution in [2.24, 2.45) is 5.73 Å². The van der Waals surface area contributed by atoms with E-state index in [0.29, 0.717) is 24.5 Å². The van der Waals surface area contributed by atoms with Gasteiger partial charge in [0.1, 0.15) is 5.54 Å². The van der Waals surface area contributed by atoms with Crippen molar-refractivity contribution in [1.82, 2.24) is 14.8 Å². The molecule has 6 nitrogen and oxygen atoms in total. The molecule has 0 bridgehead atoms.